The Bertz CT molecular complexity index is 628. The first-order valence-corrected chi connectivity index (χ1v) is 6.21. The lowest BCUT2D eigenvalue weighted by molar-refractivity contribution is 0.0732. The monoisotopic (exact) mass is 272 g/mol. The van der Waals surface area contributed by atoms with Gasteiger partial charge in [0.15, 0.2) is 5.69 Å². The van der Waals surface area contributed by atoms with E-state index < -0.39 is 5.91 Å². The van der Waals surface area contributed by atoms with Gasteiger partial charge in [-0.1, -0.05) is 18.2 Å². The number of carbonyl (C=O) groups excluding carboxylic acids is 1. The fourth-order valence-electron chi connectivity index (χ4n) is 1.95. The predicted molar refractivity (Wildman–Crippen MR) is 74.5 cm³/mol. The lowest BCUT2D eigenvalue weighted by atomic mass is 10.1. The highest BCUT2D eigenvalue weighted by Gasteiger charge is 2.23. The normalized spacial score (nSPS) is 11.9. The minimum absolute atomic E-state index is 0.00253. The summed E-state index contributed by atoms with van der Waals surface area (Å²) in [5, 5.41) is 19.5. The topological polar surface area (TPSA) is 73.7 Å². The van der Waals surface area contributed by atoms with Gasteiger partial charge in [-0.25, -0.2) is 4.98 Å². The predicted octanol–water partition coefficient (Wildman–Crippen LogP) is 2.33. The summed E-state index contributed by atoms with van der Waals surface area (Å²) in [5.41, 5.74) is 0.635. The molecule has 1 unspecified atom stereocenters. The smallest absolute Gasteiger partial charge is 0.276 e. The Labute approximate surface area is 117 Å². The number of benzene rings is 1. The van der Waals surface area contributed by atoms with Crippen LogP contribution in [0.5, 0.6) is 11.5 Å². The Balaban J connectivity index is 2.28. The lowest BCUT2D eigenvalue weighted by Gasteiger charge is -2.25. The number of hydrogen-bond acceptors (Lipinski definition) is 4. The van der Waals surface area contributed by atoms with E-state index in [0.29, 0.717) is 5.56 Å². The fourth-order valence-corrected chi connectivity index (χ4v) is 1.95. The molecule has 5 heteroatoms. The number of hydrogen-bond donors (Lipinski definition) is 2. The van der Waals surface area contributed by atoms with Crippen LogP contribution in [-0.2, 0) is 0 Å². The summed E-state index contributed by atoms with van der Waals surface area (Å²) < 4.78 is 0. The summed E-state index contributed by atoms with van der Waals surface area (Å²) >= 11 is 0. The van der Waals surface area contributed by atoms with E-state index in [1.54, 1.807) is 44.3 Å². The van der Waals surface area contributed by atoms with Crippen LogP contribution >= 0.6 is 0 Å². The summed E-state index contributed by atoms with van der Waals surface area (Å²) in [6.07, 6.45) is 1.45. The molecule has 20 heavy (non-hydrogen) atoms. The third kappa shape index (κ3) is 2.56. The van der Waals surface area contributed by atoms with E-state index in [0.717, 1.165) is 0 Å². The van der Waals surface area contributed by atoms with Crippen molar-refractivity contribution in [2.24, 2.45) is 0 Å². The number of aromatic nitrogens is 1. The molecule has 1 heterocycles. The molecule has 2 rings (SSSR count). The third-order valence-electron chi connectivity index (χ3n) is 3.28. The Kier molecular flexibility index (Phi) is 3.89. The molecule has 1 amide bonds. The van der Waals surface area contributed by atoms with Crippen LogP contribution < -0.4 is 0 Å². The molecule has 0 spiro atoms. The zero-order chi connectivity index (χ0) is 14.7. The maximum atomic E-state index is 12.3. The molecule has 0 radical (unpaired) electrons. The molecule has 0 fully saturated rings. The average molecular weight is 272 g/mol. The Morgan fingerprint density at radius 2 is 1.80 bits per heavy atom. The van der Waals surface area contributed by atoms with Gasteiger partial charge in [0.1, 0.15) is 11.5 Å². The molecule has 1 aromatic carbocycles. The number of amides is 1. The van der Waals surface area contributed by atoms with E-state index in [9.17, 15) is 15.0 Å². The first-order chi connectivity index (χ1) is 9.52. The van der Waals surface area contributed by atoms with E-state index in [1.165, 1.54) is 17.2 Å². The highest BCUT2D eigenvalue weighted by atomic mass is 16.3. The molecular formula is C15H16N2O3. The molecular weight excluding hydrogens is 256 g/mol. The Morgan fingerprint density at radius 1 is 1.15 bits per heavy atom. The molecule has 0 bridgehead atoms. The van der Waals surface area contributed by atoms with Crippen LogP contribution in [0.15, 0.2) is 42.6 Å². The van der Waals surface area contributed by atoms with Crippen molar-refractivity contribution in [3.05, 3.63) is 53.9 Å². The maximum Gasteiger partial charge on any atom is 0.276 e. The van der Waals surface area contributed by atoms with E-state index in [4.69, 9.17) is 0 Å². The first kappa shape index (κ1) is 13.9. The summed E-state index contributed by atoms with van der Waals surface area (Å²) in [4.78, 5) is 17.6. The van der Waals surface area contributed by atoms with Crippen molar-refractivity contribution in [2.75, 3.05) is 7.05 Å². The van der Waals surface area contributed by atoms with Crippen LogP contribution in [0, 0.1) is 0 Å². The number of nitrogens with zero attached hydrogens (tertiary/aromatic N) is 2. The van der Waals surface area contributed by atoms with Gasteiger partial charge in [0, 0.05) is 18.8 Å². The van der Waals surface area contributed by atoms with Crippen molar-refractivity contribution in [2.45, 2.75) is 13.0 Å². The van der Waals surface area contributed by atoms with E-state index in [2.05, 4.69) is 4.98 Å². The number of pyridine rings is 1. The van der Waals surface area contributed by atoms with E-state index in [1.807, 2.05) is 0 Å². The van der Waals surface area contributed by atoms with Gasteiger partial charge in [-0.3, -0.25) is 4.79 Å². The number of rotatable bonds is 3. The molecule has 0 saturated carbocycles. The fraction of sp³-hybridized carbons (Fsp3) is 0.200. The molecule has 104 valence electrons. The Hall–Kier alpha value is -2.56. The molecule has 5 nitrogen and oxygen atoms in total. The first-order valence-electron chi connectivity index (χ1n) is 6.21. The highest BCUT2D eigenvalue weighted by molar-refractivity contribution is 5.94. The van der Waals surface area contributed by atoms with Gasteiger partial charge in [0.25, 0.3) is 5.91 Å². The Morgan fingerprint density at radius 3 is 2.45 bits per heavy atom. The second-order valence-electron chi connectivity index (χ2n) is 4.52. The number of aromatic hydroxyl groups is 2. The van der Waals surface area contributed by atoms with Crippen molar-refractivity contribution >= 4 is 5.91 Å². The van der Waals surface area contributed by atoms with Gasteiger partial charge in [0.2, 0.25) is 0 Å². The molecule has 1 aromatic heterocycles. The molecule has 0 aliphatic heterocycles. The van der Waals surface area contributed by atoms with Gasteiger partial charge >= 0.3 is 0 Å². The van der Waals surface area contributed by atoms with Crippen molar-refractivity contribution in [1.82, 2.24) is 9.88 Å². The lowest BCUT2D eigenvalue weighted by Crippen LogP contribution is -2.30. The molecule has 2 N–H and O–H groups in total. The largest absolute Gasteiger partial charge is 0.508 e. The van der Waals surface area contributed by atoms with Crippen LogP contribution in [0.4, 0.5) is 0 Å². The van der Waals surface area contributed by atoms with Crippen molar-refractivity contribution in [1.29, 1.82) is 0 Å². The van der Waals surface area contributed by atoms with E-state index in [-0.39, 0.29) is 23.2 Å². The highest BCUT2D eigenvalue weighted by Crippen LogP contribution is 2.28. The standard InChI is InChI=1S/C15H16N2O3/c1-10(11-6-3-4-7-12(11)18)17(2)15(20)14-13(19)8-5-9-16-14/h3-10,18-19H,1-2H3. The van der Waals surface area contributed by atoms with E-state index >= 15 is 0 Å². The van der Waals surface area contributed by atoms with Gasteiger partial charge < -0.3 is 15.1 Å². The molecule has 0 saturated heterocycles. The van der Waals surface area contributed by atoms with Crippen LogP contribution in [0.25, 0.3) is 0 Å². The van der Waals surface area contributed by atoms with Gasteiger partial charge in [-0.15, -0.1) is 0 Å². The minimum Gasteiger partial charge on any atom is -0.508 e. The maximum absolute atomic E-state index is 12.3. The second kappa shape index (κ2) is 5.61. The van der Waals surface area contributed by atoms with Crippen LogP contribution in [0.1, 0.15) is 29.0 Å². The zero-order valence-electron chi connectivity index (χ0n) is 11.3. The van der Waals surface area contributed by atoms with Crippen LogP contribution in [-0.4, -0.2) is 33.1 Å². The number of phenolic OH excluding ortho intramolecular Hbond substituents is 1. The summed E-state index contributed by atoms with van der Waals surface area (Å²) in [6, 6.07) is 9.46. The minimum atomic E-state index is -0.404. The molecule has 0 aliphatic rings. The number of phenols is 1. The third-order valence-corrected chi connectivity index (χ3v) is 3.28. The zero-order valence-corrected chi connectivity index (χ0v) is 11.3. The summed E-state index contributed by atoms with van der Waals surface area (Å²) in [6.45, 7) is 1.80. The second-order valence-corrected chi connectivity index (χ2v) is 4.52. The quantitative estimate of drug-likeness (QED) is 0.899. The summed E-state index contributed by atoms with van der Waals surface area (Å²) in [7, 11) is 1.60. The van der Waals surface area contributed by atoms with Crippen molar-refractivity contribution in [3.63, 3.8) is 0 Å². The van der Waals surface area contributed by atoms with Crippen LogP contribution in [0.3, 0.4) is 0 Å². The van der Waals surface area contributed by atoms with Crippen LogP contribution in [0.2, 0.25) is 0 Å². The van der Waals surface area contributed by atoms with Gasteiger partial charge in [0.05, 0.1) is 6.04 Å². The number of para-hydroxylation sites is 1. The molecule has 1 atom stereocenters. The van der Waals surface area contributed by atoms with Gasteiger partial charge in [-0.05, 0) is 25.1 Å². The number of carbonyl (C=O) groups is 1. The molecule has 0 aliphatic carbocycles. The average Bonchev–Trinajstić information content (AvgIpc) is 2.46. The van der Waals surface area contributed by atoms with Gasteiger partial charge in [-0.2, -0.15) is 0 Å². The van der Waals surface area contributed by atoms with Crippen molar-refractivity contribution in [3.8, 4) is 11.5 Å². The summed E-state index contributed by atoms with van der Waals surface area (Å²) in [5.74, 6) is -0.433. The SMILES string of the molecule is CC(c1ccccc1O)N(C)C(=O)c1ncccc1O. The van der Waals surface area contributed by atoms with Crippen molar-refractivity contribution < 1.29 is 15.0 Å². The molecule has 2 aromatic rings.